The summed E-state index contributed by atoms with van der Waals surface area (Å²) >= 11 is 0. The van der Waals surface area contributed by atoms with Gasteiger partial charge in [0.2, 0.25) is 0 Å². The smallest absolute Gasteiger partial charge is 0.0564 e. The molecule has 0 amide bonds. The summed E-state index contributed by atoms with van der Waals surface area (Å²) < 4.78 is 0. The first-order valence-electron chi connectivity index (χ1n) is 8.42. The highest BCUT2D eigenvalue weighted by Crippen LogP contribution is 2.13. The highest BCUT2D eigenvalue weighted by molar-refractivity contribution is 5.42. The summed E-state index contributed by atoms with van der Waals surface area (Å²) in [6, 6.07) is 4.22. The van der Waals surface area contributed by atoms with Crippen molar-refractivity contribution in [3.05, 3.63) is 24.0 Å². The maximum Gasteiger partial charge on any atom is 0.0564 e. The third-order valence-electron chi connectivity index (χ3n) is 3.63. The molecule has 0 aliphatic rings. The molecule has 3 heteroatoms. The van der Waals surface area contributed by atoms with Crippen LogP contribution in [-0.4, -0.2) is 29.5 Å². The predicted molar refractivity (Wildman–Crippen MR) is 92.6 cm³/mol. The molecule has 0 aliphatic carbocycles. The number of anilines is 1. The lowest BCUT2D eigenvalue weighted by Crippen LogP contribution is -2.27. The minimum Gasteiger partial charge on any atom is -0.385 e. The molecule has 1 aromatic rings. The molecule has 0 aliphatic heterocycles. The summed E-state index contributed by atoms with van der Waals surface area (Å²) in [4.78, 5) is 7.09. The number of nitrogens with zero attached hydrogens (tertiary/aromatic N) is 2. The van der Waals surface area contributed by atoms with Gasteiger partial charge in [-0.25, -0.2) is 0 Å². The molecule has 0 aromatic carbocycles. The molecule has 120 valence electrons. The Kier molecular flexibility index (Phi) is 8.36. The van der Waals surface area contributed by atoms with Crippen LogP contribution in [0, 0.1) is 11.8 Å². The topological polar surface area (TPSA) is 28.2 Å². The largest absolute Gasteiger partial charge is 0.385 e. The molecule has 1 aromatic heterocycles. The van der Waals surface area contributed by atoms with Crippen LogP contribution in [0.1, 0.15) is 53.2 Å². The van der Waals surface area contributed by atoms with Crippen LogP contribution in [0.4, 0.5) is 5.69 Å². The van der Waals surface area contributed by atoms with Crippen LogP contribution < -0.4 is 5.32 Å². The van der Waals surface area contributed by atoms with Crippen molar-refractivity contribution in [3.63, 3.8) is 0 Å². The molecule has 0 radical (unpaired) electrons. The van der Waals surface area contributed by atoms with Crippen molar-refractivity contribution in [1.82, 2.24) is 9.88 Å². The Balaban J connectivity index is 2.62. The average Bonchev–Trinajstić information content (AvgIpc) is 2.42. The van der Waals surface area contributed by atoms with Crippen molar-refractivity contribution in [2.45, 2.75) is 54.0 Å². The zero-order valence-electron chi connectivity index (χ0n) is 14.5. The molecule has 0 saturated heterocycles. The van der Waals surface area contributed by atoms with Gasteiger partial charge in [0.15, 0.2) is 0 Å². The van der Waals surface area contributed by atoms with E-state index >= 15 is 0 Å². The van der Waals surface area contributed by atoms with Crippen molar-refractivity contribution >= 4 is 5.69 Å². The molecule has 1 N–H and O–H groups in total. The molecule has 0 fully saturated rings. The van der Waals surface area contributed by atoms with Crippen LogP contribution >= 0.6 is 0 Å². The van der Waals surface area contributed by atoms with Crippen molar-refractivity contribution < 1.29 is 0 Å². The number of aromatic nitrogens is 1. The second-order valence-corrected chi connectivity index (χ2v) is 6.71. The molecule has 0 spiro atoms. The van der Waals surface area contributed by atoms with Crippen molar-refractivity contribution in [2.75, 3.05) is 25.0 Å². The van der Waals surface area contributed by atoms with Crippen LogP contribution in [-0.2, 0) is 6.54 Å². The van der Waals surface area contributed by atoms with Crippen molar-refractivity contribution in [2.24, 2.45) is 11.8 Å². The van der Waals surface area contributed by atoms with E-state index in [0.29, 0.717) is 0 Å². The summed E-state index contributed by atoms with van der Waals surface area (Å²) in [5.41, 5.74) is 2.34. The first kappa shape index (κ1) is 18.0. The quantitative estimate of drug-likeness (QED) is 0.692. The molecule has 21 heavy (non-hydrogen) atoms. The third-order valence-corrected chi connectivity index (χ3v) is 3.63. The predicted octanol–water partition coefficient (Wildman–Crippen LogP) is 4.41. The lowest BCUT2D eigenvalue weighted by Gasteiger charge is -2.24. The van der Waals surface area contributed by atoms with Gasteiger partial charge in [-0.3, -0.25) is 9.88 Å². The van der Waals surface area contributed by atoms with Gasteiger partial charge in [0.25, 0.3) is 0 Å². The van der Waals surface area contributed by atoms with E-state index in [1.165, 1.54) is 24.2 Å². The second-order valence-electron chi connectivity index (χ2n) is 6.71. The normalized spacial score (nSPS) is 11.6. The van der Waals surface area contributed by atoms with Gasteiger partial charge in [0.1, 0.15) is 0 Å². The van der Waals surface area contributed by atoms with E-state index in [-0.39, 0.29) is 0 Å². The van der Waals surface area contributed by atoms with Gasteiger partial charge in [0, 0.05) is 25.0 Å². The van der Waals surface area contributed by atoms with Gasteiger partial charge in [0.05, 0.1) is 5.69 Å². The fourth-order valence-electron chi connectivity index (χ4n) is 2.26. The first-order chi connectivity index (χ1) is 10.0. The maximum absolute atomic E-state index is 4.53. The number of pyridine rings is 1. The van der Waals surface area contributed by atoms with E-state index in [1.54, 1.807) is 0 Å². The molecule has 0 atom stereocenters. The van der Waals surface area contributed by atoms with E-state index in [2.05, 4.69) is 55.9 Å². The van der Waals surface area contributed by atoms with Crippen molar-refractivity contribution in [1.29, 1.82) is 0 Å². The Morgan fingerprint density at radius 2 is 1.71 bits per heavy atom. The molecule has 0 bridgehead atoms. The van der Waals surface area contributed by atoms with Crippen LogP contribution in [0.25, 0.3) is 0 Å². The fourth-order valence-corrected chi connectivity index (χ4v) is 2.26. The van der Waals surface area contributed by atoms with E-state index < -0.39 is 0 Å². The van der Waals surface area contributed by atoms with Gasteiger partial charge in [-0.2, -0.15) is 0 Å². The average molecular weight is 291 g/mol. The Morgan fingerprint density at radius 3 is 2.24 bits per heavy atom. The van der Waals surface area contributed by atoms with Gasteiger partial charge in [-0.15, -0.1) is 0 Å². The molecular weight excluding hydrogens is 258 g/mol. The highest BCUT2D eigenvalue weighted by atomic mass is 15.1. The summed E-state index contributed by atoms with van der Waals surface area (Å²) in [6.45, 7) is 15.5. The second kappa shape index (κ2) is 9.78. The zero-order chi connectivity index (χ0) is 15.7. The third kappa shape index (κ3) is 8.05. The summed E-state index contributed by atoms with van der Waals surface area (Å²) in [5.74, 6) is 1.51. The summed E-state index contributed by atoms with van der Waals surface area (Å²) in [6.07, 6.45) is 4.42. The molecule has 1 heterocycles. The first-order valence-corrected chi connectivity index (χ1v) is 8.42. The fraction of sp³-hybridized carbons (Fsp3) is 0.722. The Morgan fingerprint density at radius 1 is 1.10 bits per heavy atom. The summed E-state index contributed by atoms with van der Waals surface area (Å²) in [7, 11) is 0. The van der Waals surface area contributed by atoms with Crippen LogP contribution in [0.3, 0.4) is 0 Å². The number of hydrogen-bond acceptors (Lipinski definition) is 3. The van der Waals surface area contributed by atoms with E-state index in [0.717, 1.165) is 38.0 Å². The molecule has 3 nitrogen and oxygen atoms in total. The minimum atomic E-state index is 0.757. The van der Waals surface area contributed by atoms with Crippen LogP contribution in [0.15, 0.2) is 18.3 Å². The van der Waals surface area contributed by atoms with Crippen molar-refractivity contribution in [3.8, 4) is 0 Å². The van der Waals surface area contributed by atoms with E-state index in [4.69, 9.17) is 0 Å². The molecular formula is C18H33N3. The van der Waals surface area contributed by atoms with E-state index in [9.17, 15) is 0 Å². The monoisotopic (exact) mass is 291 g/mol. The van der Waals surface area contributed by atoms with Gasteiger partial charge in [-0.05, 0) is 56.8 Å². The van der Waals surface area contributed by atoms with Gasteiger partial charge in [-0.1, -0.05) is 27.7 Å². The Labute approximate surface area is 131 Å². The minimum absolute atomic E-state index is 0.757. The van der Waals surface area contributed by atoms with Crippen LogP contribution in [0.5, 0.6) is 0 Å². The Bertz CT molecular complexity index is 376. The molecule has 0 unspecified atom stereocenters. The molecule has 1 rings (SSSR count). The Hall–Kier alpha value is -1.09. The highest BCUT2D eigenvalue weighted by Gasteiger charge is 2.09. The van der Waals surface area contributed by atoms with Crippen LogP contribution in [0.2, 0.25) is 0 Å². The lowest BCUT2D eigenvalue weighted by molar-refractivity contribution is 0.233. The number of rotatable bonds is 10. The number of nitrogens with one attached hydrogen (secondary N) is 1. The summed E-state index contributed by atoms with van der Waals surface area (Å²) in [5, 5.41) is 3.36. The zero-order valence-corrected chi connectivity index (χ0v) is 14.5. The standard InChI is InChI=1S/C18H33N3/c1-6-19-17-7-10-20-18(13-17)14-21(11-8-15(2)3)12-9-16(4)5/h7,10,13,15-16H,6,8-9,11-12,14H2,1-5H3,(H,19,20). The van der Waals surface area contributed by atoms with Gasteiger partial charge >= 0.3 is 0 Å². The molecule has 0 saturated carbocycles. The maximum atomic E-state index is 4.53. The van der Waals surface area contributed by atoms with E-state index in [1.807, 2.05) is 12.3 Å². The lowest BCUT2D eigenvalue weighted by atomic mass is 10.1. The van der Waals surface area contributed by atoms with Gasteiger partial charge < -0.3 is 5.32 Å². The number of hydrogen-bond donors (Lipinski definition) is 1. The SMILES string of the molecule is CCNc1ccnc(CN(CCC(C)C)CCC(C)C)c1.